The van der Waals surface area contributed by atoms with E-state index in [0.717, 1.165) is 28.4 Å². The smallest absolute Gasteiger partial charge is 0.162 e. The number of fused-ring (bicyclic) bond motifs is 2. The summed E-state index contributed by atoms with van der Waals surface area (Å²) in [6.45, 7) is 1.15. The van der Waals surface area contributed by atoms with Gasteiger partial charge in [-0.3, -0.25) is 4.40 Å². The van der Waals surface area contributed by atoms with Crippen LogP contribution in [0.1, 0.15) is 0 Å². The molecule has 0 saturated heterocycles. The Morgan fingerprint density at radius 2 is 1.90 bits per heavy atom. The number of aromatic nitrogens is 2. The van der Waals surface area contributed by atoms with Crippen LogP contribution >= 0.6 is 0 Å². The Hall–Kier alpha value is -2.69. The molecule has 1 aromatic carbocycles. The van der Waals surface area contributed by atoms with Crippen LogP contribution in [0.3, 0.4) is 0 Å². The zero-order valence-electron chi connectivity index (χ0n) is 10.7. The fraction of sp³-hybridized carbons (Fsp3) is 0.133. The molecule has 3 heterocycles. The molecule has 0 bridgehead atoms. The summed E-state index contributed by atoms with van der Waals surface area (Å²) in [7, 11) is 0. The molecule has 0 atom stereocenters. The summed E-state index contributed by atoms with van der Waals surface area (Å²) >= 11 is 0. The van der Waals surface area contributed by atoms with E-state index in [4.69, 9.17) is 15.2 Å². The Morgan fingerprint density at radius 1 is 1.05 bits per heavy atom. The average Bonchev–Trinajstić information content (AvgIpc) is 2.84. The Kier molecular flexibility index (Phi) is 2.32. The predicted molar refractivity (Wildman–Crippen MR) is 76.0 cm³/mol. The maximum absolute atomic E-state index is 6.18. The molecule has 0 saturated carbocycles. The summed E-state index contributed by atoms with van der Waals surface area (Å²) in [5.41, 5.74) is 8.69. The van der Waals surface area contributed by atoms with Gasteiger partial charge in [0, 0.05) is 11.8 Å². The molecule has 5 heteroatoms. The molecule has 5 nitrogen and oxygen atoms in total. The molecule has 1 aliphatic heterocycles. The lowest BCUT2D eigenvalue weighted by molar-refractivity contribution is 0.171. The molecule has 2 aromatic heterocycles. The lowest BCUT2D eigenvalue weighted by Crippen LogP contribution is -2.15. The molecule has 100 valence electrons. The maximum Gasteiger partial charge on any atom is 0.162 e. The number of hydrogen-bond donors (Lipinski definition) is 1. The lowest BCUT2D eigenvalue weighted by atomic mass is 10.1. The second-order valence-electron chi connectivity index (χ2n) is 4.63. The molecule has 0 aliphatic carbocycles. The Bertz CT molecular complexity index is 795. The first kappa shape index (κ1) is 11.2. The second-order valence-corrected chi connectivity index (χ2v) is 4.63. The van der Waals surface area contributed by atoms with Gasteiger partial charge in [-0.25, -0.2) is 4.98 Å². The van der Waals surface area contributed by atoms with Gasteiger partial charge in [0.2, 0.25) is 0 Å². The molecular weight excluding hydrogens is 254 g/mol. The minimum absolute atomic E-state index is 0.567. The summed E-state index contributed by atoms with van der Waals surface area (Å²) in [4.78, 5) is 4.57. The monoisotopic (exact) mass is 267 g/mol. The van der Waals surface area contributed by atoms with E-state index in [1.165, 1.54) is 0 Å². The molecule has 0 amide bonds. The van der Waals surface area contributed by atoms with E-state index < -0.39 is 0 Å². The number of rotatable bonds is 1. The van der Waals surface area contributed by atoms with Gasteiger partial charge in [-0.1, -0.05) is 6.07 Å². The van der Waals surface area contributed by atoms with E-state index in [1.54, 1.807) is 0 Å². The summed E-state index contributed by atoms with van der Waals surface area (Å²) in [6.07, 6.45) is 1.90. The number of imidazole rings is 1. The van der Waals surface area contributed by atoms with Crippen LogP contribution in [0, 0.1) is 0 Å². The number of hydrogen-bond acceptors (Lipinski definition) is 4. The maximum atomic E-state index is 6.18. The fourth-order valence-corrected chi connectivity index (χ4v) is 2.42. The van der Waals surface area contributed by atoms with Crippen molar-refractivity contribution in [3.63, 3.8) is 0 Å². The highest BCUT2D eigenvalue weighted by Crippen LogP contribution is 2.36. The van der Waals surface area contributed by atoms with E-state index in [-0.39, 0.29) is 0 Å². The highest BCUT2D eigenvalue weighted by molar-refractivity contribution is 5.76. The molecular formula is C15H13N3O2. The molecule has 3 aromatic rings. The summed E-state index contributed by atoms with van der Waals surface area (Å²) < 4.78 is 13.0. The molecule has 4 rings (SSSR count). The van der Waals surface area contributed by atoms with Gasteiger partial charge in [-0.15, -0.1) is 0 Å². The number of benzene rings is 1. The largest absolute Gasteiger partial charge is 0.486 e. The second kappa shape index (κ2) is 4.16. The normalized spacial score (nSPS) is 13.6. The van der Waals surface area contributed by atoms with Crippen LogP contribution in [0.5, 0.6) is 11.5 Å². The van der Waals surface area contributed by atoms with Crippen molar-refractivity contribution in [1.82, 2.24) is 9.38 Å². The first-order valence-electron chi connectivity index (χ1n) is 6.45. The predicted octanol–water partition coefficient (Wildman–Crippen LogP) is 2.35. The van der Waals surface area contributed by atoms with Crippen molar-refractivity contribution in [3.8, 4) is 22.8 Å². The third-order valence-corrected chi connectivity index (χ3v) is 3.38. The standard InChI is InChI=1S/C15H13N3O2/c16-15-14(17-13-3-1-2-6-18(13)15)10-4-5-11-12(9-10)20-8-7-19-11/h1-6,9H,7-8,16H2. The summed E-state index contributed by atoms with van der Waals surface area (Å²) in [5.74, 6) is 2.13. The zero-order valence-corrected chi connectivity index (χ0v) is 10.7. The lowest BCUT2D eigenvalue weighted by Gasteiger charge is -2.18. The van der Waals surface area contributed by atoms with Crippen molar-refractivity contribution < 1.29 is 9.47 Å². The third kappa shape index (κ3) is 1.60. The first-order chi connectivity index (χ1) is 9.83. The van der Waals surface area contributed by atoms with Crippen molar-refractivity contribution in [2.24, 2.45) is 0 Å². The van der Waals surface area contributed by atoms with E-state index in [0.29, 0.717) is 19.0 Å². The van der Waals surface area contributed by atoms with Crippen LogP contribution in [0.4, 0.5) is 5.82 Å². The fourth-order valence-electron chi connectivity index (χ4n) is 2.42. The number of ether oxygens (including phenoxy) is 2. The highest BCUT2D eigenvalue weighted by Gasteiger charge is 2.16. The van der Waals surface area contributed by atoms with E-state index in [2.05, 4.69) is 4.98 Å². The minimum atomic E-state index is 0.567. The molecule has 0 fully saturated rings. The molecule has 1 aliphatic rings. The summed E-state index contributed by atoms with van der Waals surface area (Å²) in [5, 5.41) is 0. The Morgan fingerprint density at radius 3 is 2.75 bits per heavy atom. The quantitative estimate of drug-likeness (QED) is 0.735. The van der Waals surface area contributed by atoms with Crippen LogP contribution in [0.15, 0.2) is 42.6 Å². The summed E-state index contributed by atoms with van der Waals surface area (Å²) in [6, 6.07) is 11.6. The van der Waals surface area contributed by atoms with Gasteiger partial charge in [0.05, 0.1) is 0 Å². The number of pyridine rings is 1. The molecule has 0 unspecified atom stereocenters. The first-order valence-corrected chi connectivity index (χ1v) is 6.45. The van der Waals surface area contributed by atoms with Gasteiger partial charge in [0.15, 0.2) is 11.5 Å². The van der Waals surface area contributed by atoms with Crippen LogP contribution in [-0.4, -0.2) is 22.6 Å². The average molecular weight is 267 g/mol. The van der Waals surface area contributed by atoms with Crippen molar-refractivity contribution in [2.45, 2.75) is 0 Å². The Balaban J connectivity index is 1.88. The number of anilines is 1. The number of nitrogen functional groups attached to an aromatic ring is 1. The Labute approximate surface area is 115 Å². The van der Waals surface area contributed by atoms with Crippen LogP contribution < -0.4 is 15.2 Å². The third-order valence-electron chi connectivity index (χ3n) is 3.38. The highest BCUT2D eigenvalue weighted by atomic mass is 16.6. The van der Waals surface area contributed by atoms with Crippen molar-refractivity contribution >= 4 is 11.5 Å². The van der Waals surface area contributed by atoms with Gasteiger partial charge in [-0.05, 0) is 30.3 Å². The molecule has 20 heavy (non-hydrogen) atoms. The van der Waals surface area contributed by atoms with Crippen molar-refractivity contribution in [2.75, 3.05) is 18.9 Å². The van der Waals surface area contributed by atoms with E-state index in [1.807, 2.05) is 47.0 Å². The molecule has 0 spiro atoms. The van der Waals surface area contributed by atoms with Crippen molar-refractivity contribution in [1.29, 1.82) is 0 Å². The number of nitrogens with two attached hydrogens (primary N) is 1. The zero-order chi connectivity index (χ0) is 13.5. The van der Waals surface area contributed by atoms with Gasteiger partial charge in [-0.2, -0.15) is 0 Å². The van der Waals surface area contributed by atoms with Crippen molar-refractivity contribution in [3.05, 3.63) is 42.6 Å². The van der Waals surface area contributed by atoms with E-state index in [9.17, 15) is 0 Å². The van der Waals surface area contributed by atoms with Gasteiger partial charge in [0.1, 0.15) is 30.4 Å². The molecule has 2 N–H and O–H groups in total. The van der Waals surface area contributed by atoms with Gasteiger partial charge in [0.25, 0.3) is 0 Å². The van der Waals surface area contributed by atoms with Gasteiger partial charge >= 0.3 is 0 Å². The minimum Gasteiger partial charge on any atom is -0.486 e. The van der Waals surface area contributed by atoms with Crippen LogP contribution in [0.25, 0.3) is 16.9 Å². The topological polar surface area (TPSA) is 61.8 Å². The molecule has 0 radical (unpaired) electrons. The van der Waals surface area contributed by atoms with E-state index >= 15 is 0 Å². The SMILES string of the molecule is Nc1c(-c2ccc3c(c2)OCCO3)nc2ccccn12. The van der Waals surface area contributed by atoms with Crippen LogP contribution in [0.2, 0.25) is 0 Å². The number of nitrogens with zero attached hydrogens (tertiary/aromatic N) is 2. The van der Waals surface area contributed by atoms with Gasteiger partial charge < -0.3 is 15.2 Å². The van der Waals surface area contributed by atoms with Crippen LogP contribution in [-0.2, 0) is 0 Å².